The second-order valence-electron chi connectivity index (χ2n) is 5.11. The Morgan fingerprint density at radius 1 is 0.875 bits per heavy atom. The zero-order valence-corrected chi connectivity index (χ0v) is 12.9. The van der Waals surface area contributed by atoms with E-state index in [0.717, 1.165) is 0 Å². The highest BCUT2D eigenvalue weighted by Gasteiger charge is 2.19. The SMILES string of the molecule is O=C(c1ccccc1)c1cccc(NC(O)CO)c1NC(O)CO. The highest BCUT2D eigenvalue weighted by molar-refractivity contribution is 6.13. The van der Waals surface area contributed by atoms with Gasteiger partial charge in [-0.1, -0.05) is 36.4 Å². The zero-order chi connectivity index (χ0) is 17.5. The molecule has 2 unspecified atom stereocenters. The van der Waals surface area contributed by atoms with Crippen molar-refractivity contribution in [1.82, 2.24) is 0 Å². The number of rotatable bonds is 8. The maximum Gasteiger partial charge on any atom is 0.195 e. The summed E-state index contributed by atoms with van der Waals surface area (Å²) < 4.78 is 0. The average molecular weight is 332 g/mol. The van der Waals surface area contributed by atoms with Gasteiger partial charge in [-0.15, -0.1) is 0 Å². The van der Waals surface area contributed by atoms with E-state index >= 15 is 0 Å². The van der Waals surface area contributed by atoms with Gasteiger partial charge in [0.05, 0.1) is 24.6 Å². The van der Waals surface area contributed by atoms with Gasteiger partial charge < -0.3 is 31.1 Å². The van der Waals surface area contributed by atoms with Gasteiger partial charge in [0.15, 0.2) is 5.78 Å². The van der Waals surface area contributed by atoms with Gasteiger partial charge in [0.25, 0.3) is 0 Å². The number of para-hydroxylation sites is 1. The van der Waals surface area contributed by atoms with Gasteiger partial charge in [0.1, 0.15) is 12.5 Å². The Hall–Kier alpha value is -2.45. The molecule has 2 atom stereocenters. The molecule has 24 heavy (non-hydrogen) atoms. The van der Waals surface area contributed by atoms with Crippen LogP contribution in [0, 0.1) is 0 Å². The number of nitrogens with one attached hydrogen (secondary N) is 2. The molecule has 2 aromatic rings. The second-order valence-corrected chi connectivity index (χ2v) is 5.11. The van der Waals surface area contributed by atoms with E-state index in [1.54, 1.807) is 48.5 Å². The molecule has 0 heterocycles. The number of anilines is 2. The van der Waals surface area contributed by atoms with Gasteiger partial charge in [-0.3, -0.25) is 4.79 Å². The lowest BCUT2D eigenvalue weighted by molar-refractivity contribution is 0.103. The molecular weight excluding hydrogens is 312 g/mol. The fourth-order valence-electron chi connectivity index (χ4n) is 2.20. The van der Waals surface area contributed by atoms with Crippen molar-refractivity contribution in [3.05, 3.63) is 59.7 Å². The molecule has 6 N–H and O–H groups in total. The Bertz CT molecular complexity index is 678. The van der Waals surface area contributed by atoms with E-state index < -0.39 is 25.7 Å². The third-order valence-electron chi connectivity index (χ3n) is 3.32. The van der Waals surface area contributed by atoms with Crippen molar-refractivity contribution < 1.29 is 25.2 Å². The third kappa shape index (κ3) is 4.30. The number of hydrogen-bond acceptors (Lipinski definition) is 7. The molecule has 7 heteroatoms. The van der Waals surface area contributed by atoms with Crippen molar-refractivity contribution in [3.8, 4) is 0 Å². The van der Waals surface area contributed by atoms with Crippen LogP contribution in [0.2, 0.25) is 0 Å². The molecule has 7 nitrogen and oxygen atoms in total. The number of aliphatic hydroxyl groups excluding tert-OH is 4. The van der Waals surface area contributed by atoms with E-state index in [1.165, 1.54) is 0 Å². The second kappa shape index (κ2) is 8.42. The fourth-order valence-corrected chi connectivity index (χ4v) is 2.20. The molecule has 0 radical (unpaired) electrons. The monoisotopic (exact) mass is 332 g/mol. The van der Waals surface area contributed by atoms with Crippen molar-refractivity contribution in [1.29, 1.82) is 0 Å². The number of aliphatic hydroxyl groups is 4. The maximum atomic E-state index is 12.7. The number of ketones is 1. The predicted octanol–water partition coefficient (Wildman–Crippen LogP) is 0.363. The van der Waals surface area contributed by atoms with Crippen LogP contribution in [0.15, 0.2) is 48.5 Å². The quantitative estimate of drug-likeness (QED) is 0.305. The third-order valence-corrected chi connectivity index (χ3v) is 3.32. The van der Waals surface area contributed by atoms with Crippen molar-refractivity contribution in [2.45, 2.75) is 12.5 Å². The van der Waals surface area contributed by atoms with E-state index in [2.05, 4.69) is 10.6 Å². The van der Waals surface area contributed by atoms with Crippen LogP contribution in [-0.4, -0.2) is 51.9 Å². The Morgan fingerprint density at radius 2 is 1.50 bits per heavy atom. The minimum absolute atomic E-state index is 0.223. The molecule has 0 spiro atoms. The van der Waals surface area contributed by atoms with Gasteiger partial charge >= 0.3 is 0 Å². The molecule has 0 aliphatic rings. The highest BCUT2D eigenvalue weighted by Crippen LogP contribution is 2.29. The minimum Gasteiger partial charge on any atom is -0.392 e. The molecule has 0 aliphatic heterocycles. The summed E-state index contributed by atoms with van der Waals surface area (Å²) in [4.78, 5) is 12.7. The lowest BCUT2D eigenvalue weighted by atomic mass is 10.0. The molecule has 0 aromatic heterocycles. The van der Waals surface area contributed by atoms with Crippen LogP contribution in [0.25, 0.3) is 0 Å². The molecule has 2 rings (SSSR count). The van der Waals surface area contributed by atoms with Crippen molar-refractivity contribution in [2.75, 3.05) is 23.8 Å². The van der Waals surface area contributed by atoms with Crippen LogP contribution in [0.4, 0.5) is 11.4 Å². The largest absolute Gasteiger partial charge is 0.392 e. The van der Waals surface area contributed by atoms with E-state index in [1.807, 2.05) is 0 Å². The fraction of sp³-hybridized carbons (Fsp3) is 0.235. The van der Waals surface area contributed by atoms with Crippen LogP contribution < -0.4 is 10.6 Å². The first-order valence-electron chi connectivity index (χ1n) is 7.40. The molecule has 0 fully saturated rings. The smallest absolute Gasteiger partial charge is 0.195 e. The predicted molar refractivity (Wildman–Crippen MR) is 89.7 cm³/mol. The molecule has 0 saturated heterocycles. The summed E-state index contributed by atoms with van der Waals surface area (Å²) in [6.45, 7) is -1.09. The summed E-state index contributed by atoms with van der Waals surface area (Å²) in [7, 11) is 0. The molecular formula is C17H20N2O5. The van der Waals surface area contributed by atoms with Crippen LogP contribution in [0.3, 0.4) is 0 Å². The van der Waals surface area contributed by atoms with Crippen molar-refractivity contribution in [3.63, 3.8) is 0 Å². The molecule has 2 aromatic carbocycles. The maximum absolute atomic E-state index is 12.7. The van der Waals surface area contributed by atoms with E-state index in [0.29, 0.717) is 11.3 Å². The van der Waals surface area contributed by atoms with Gasteiger partial charge in [-0.05, 0) is 12.1 Å². The van der Waals surface area contributed by atoms with Crippen molar-refractivity contribution in [2.24, 2.45) is 0 Å². The minimum atomic E-state index is -1.29. The van der Waals surface area contributed by atoms with E-state index in [-0.39, 0.29) is 17.0 Å². The van der Waals surface area contributed by atoms with Gasteiger partial charge in [-0.2, -0.15) is 0 Å². The van der Waals surface area contributed by atoms with E-state index in [4.69, 9.17) is 10.2 Å². The van der Waals surface area contributed by atoms with Crippen LogP contribution in [-0.2, 0) is 0 Å². The topological polar surface area (TPSA) is 122 Å². The summed E-state index contributed by atoms with van der Waals surface area (Å²) in [6, 6.07) is 13.3. The molecule has 0 amide bonds. The number of benzene rings is 2. The Balaban J connectivity index is 2.45. The van der Waals surface area contributed by atoms with Crippen LogP contribution in [0.5, 0.6) is 0 Å². The normalized spacial score (nSPS) is 13.2. The Kier molecular flexibility index (Phi) is 6.28. The lowest BCUT2D eigenvalue weighted by Gasteiger charge is -2.21. The summed E-state index contributed by atoms with van der Waals surface area (Å²) in [6.07, 6.45) is -2.53. The first-order chi connectivity index (χ1) is 11.6. The molecule has 0 aliphatic carbocycles. The Morgan fingerprint density at radius 3 is 2.12 bits per heavy atom. The first kappa shape index (κ1) is 17.9. The van der Waals surface area contributed by atoms with Crippen LogP contribution >= 0.6 is 0 Å². The number of carbonyl (C=O) groups excluding carboxylic acids is 1. The van der Waals surface area contributed by atoms with Crippen molar-refractivity contribution >= 4 is 17.2 Å². The lowest BCUT2D eigenvalue weighted by Crippen LogP contribution is -2.27. The molecule has 128 valence electrons. The number of carbonyl (C=O) groups is 1. The molecule has 0 bridgehead atoms. The van der Waals surface area contributed by atoms with E-state index in [9.17, 15) is 15.0 Å². The first-order valence-corrected chi connectivity index (χ1v) is 7.40. The van der Waals surface area contributed by atoms with Gasteiger partial charge in [-0.25, -0.2) is 0 Å². The molecule has 0 saturated carbocycles. The zero-order valence-electron chi connectivity index (χ0n) is 12.9. The summed E-state index contributed by atoms with van der Waals surface area (Å²) in [5, 5.41) is 42.6. The average Bonchev–Trinajstić information content (AvgIpc) is 2.62. The van der Waals surface area contributed by atoms with Crippen LogP contribution in [0.1, 0.15) is 15.9 Å². The van der Waals surface area contributed by atoms with Gasteiger partial charge in [0.2, 0.25) is 0 Å². The standard InChI is InChI=1S/C17H20N2O5/c20-9-14(22)18-13-8-4-7-12(16(13)19-15(23)10-21)17(24)11-5-2-1-3-6-11/h1-8,14-15,18-23H,9-10H2. The highest BCUT2D eigenvalue weighted by atomic mass is 16.3. The summed E-state index contributed by atoms with van der Waals surface area (Å²) in [5.74, 6) is -0.287. The Labute approximate surface area is 139 Å². The summed E-state index contributed by atoms with van der Waals surface area (Å²) >= 11 is 0. The van der Waals surface area contributed by atoms with Gasteiger partial charge in [0, 0.05) is 11.1 Å². The summed E-state index contributed by atoms with van der Waals surface area (Å²) in [5.41, 5.74) is 1.24. The number of hydrogen-bond donors (Lipinski definition) is 6.